The Bertz CT molecular complexity index is 934. The summed E-state index contributed by atoms with van der Waals surface area (Å²) in [5.41, 5.74) is 1.58. The number of ether oxygens (including phenoxy) is 3. The molecule has 1 aliphatic heterocycles. The molecule has 0 aromatic heterocycles. The van der Waals surface area contributed by atoms with Crippen molar-refractivity contribution < 1.29 is 23.8 Å². The van der Waals surface area contributed by atoms with E-state index in [4.69, 9.17) is 14.2 Å². The van der Waals surface area contributed by atoms with E-state index in [1.54, 1.807) is 18.2 Å². The standard InChI is InChI=1S/C19H14INO5/c1-11(22)25-17-14(20)8-12(10-16(17)24-2)9-15-19(23)26-18(21-15)13-6-4-3-5-7-13/h3-10H,1-2H3. The van der Waals surface area contributed by atoms with Crippen molar-refractivity contribution in [1.29, 1.82) is 0 Å². The molecule has 0 bridgehead atoms. The molecule has 0 amide bonds. The molecule has 0 N–H and O–H groups in total. The second-order valence-electron chi connectivity index (χ2n) is 5.33. The van der Waals surface area contributed by atoms with E-state index in [9.17, 15) is 9.59 Å². The summed E-state index contributed by atoms with van der Waals surface area (Å²) in [7, 11) is 1.48. The SMILES string of the molecule is COc1cc(C=C2N=C(c3ccccc3)OC2=O)cc(I)c1OC(C)=O. The second kappa shape index (κ2) is 7.69. The molecular formula is C19H14INO5. The van der Waals surface area contributed by atoms with Crippen LogP contribution < -0.4 is 9.47 Å². The van der Waals surface area contributed by atoms with Gasteiger partial charge in [0.2, 0.25) is 5.90 Å². The monoisotopic (exact) mass is 463 g/mol. The van der Waals surface area contributed by atoms with E-state index in [1.807, 2.05) is 52.9 Å². The number of carbonyl (C=O) groups excluding carboxylic acids is 2. The molecule has 0 fully saturated rings. The maximum atomic E-state index is 12.1. The fraction of sp³-hybridized carbons (Fsp3) is 0.105. The Balaban J connectivity index is 1.97. The lowest BCUT2D eigenvalue weighted by atomic mass is 10.1. The second-order valence-corrected chi connectivity index (χ2v) is 6.49. The zero-order chi connectivity index (χ0) is 18.7. The Morgan fingerprint density at radius 2 is 1.96 bits per heavy atom. The number of esters is 2. The third-order valence-corrected chi connectivity index (χ3v) is 4.24. The van der Waals surface area contributed by atoms with Crippen LogP contribution in [0.25, 0.3) is 6.08 Å². The maximum Gasteiger partial charge on any atom is 0.363 e. The number of nitrogens with zero attached hydrogens (tertiary/aromatic N) is 1. The van der Waals surface area contributed by atoms with Crippen LogP contribution in [0.2, 0.25) is 0 Å². The molecule has 1 heterocycles. The van der Waals surface area contributed by atoms with Crippen molar-refractivity contribution >= 4 is 46.5 Å². The lowest BCUT2D eigenvalue weighted by molar-refractivity contribution is -0.132. The van der Waals surface area contributed by atoms with E-state index in [0.29, 0.717) is 20.6 Å². The lowest BCUT2D eigenvalue weighted by Crippen LogP contribution is -2.05. The van der Waals surface area contributed by atoms with Gasteiger partial charge in [0, 0.05) is 12.5 Å². The number of methoxy groups -OCH3 is 1. The summed E-state index contributed by atoms with van der Waals surface area (Å²) >= 11 is 2.04. The highest BCUT2D eigenvalue weighted by atomic mass is 127. The minimum atomic E-state index is -0.526. The van der Waals surface area contributed by atoms with Gasteiger partial charge >= 0.3 is 11.9 Å². The topological polar surface area (TPSA) is 74.2 Å². The number of cyclic esters (lactones) is 1. The Morgan fingerprint density at radius 3 is 2.62 bits per heavy atom. The molecule has 0 saturated carbocycles. The predicted molar refractivity (Wildman–Crippen MR) is 104 cm³/mol. The van der Waals surface area contributed by atoms with Gasteiger partial charge < -0.3 is 14.2 Å². The molecule has 0 spiro atoms. The molecule has 3 rings (SSSR count). The molecule has 1 aliphatic rings. The first kappa shape index (κ1) is 18.1. The first-order chi connectivity index (χ1) is 12.5. The molecule has 0 aliphatic carbocycles. The van der Waals surface area contributed by atoms with Crippen molar-refractivity contribution in [3.8, 4) is 11.5 Å². The zero-order valence-electron chi connectivity index (χ0n) is 14.0. The van der Waals surface area contributed by atoms with E-state index in [2.05, 4.69) is 4.99 Å². The van der Waals surface area contributed by atoms with E-state index in [0.717, 1.165) is 5.56 Å². The van der Waals surface area contributed by atoms with E-state index in [-0.39, 0.29) is 11.6 Å². The number of halogens is 1. The Hall–Kier alpha value is -2.68. The third kappa shape index (κ3) is 3.93. The van der Waals surface area contributed by atoms with E-state index in [1.165, 1.54) is 14.0 Å². The van der Waals surface area contributed by atoms with Gasteiger partial charge in [-0.25, -0.2) is 9.79 Å². The van der Waals surface area contributed by atoms with Crippen LogP contribution in [-0.4, -0.2) is 24.9 Å². The van der Waals surface area contributed by atoms with E-state index >= 15 is 0 Å². The van der Waals surface area contributed by atoms with Crippen LogP contribution in [0.5, 0.6) is 11.5 Å². The van der Waals surface area contributed by atoms with Crippen LogP contribution in [0, 0.1) is 3.57 Å². The van der Waals surface area contributed by atoms with Crippen LogP contribution >= 0.6 is 22.6 Å². The van der Waals surface area contributed by atoms with Crippen LogP contribution in [0.4, 0.5) is 0 Å². The predicted octanol–water partition coefficient (Wildman–Crippen LogP) is 3.57. The molecule has 0 radical (unpaired) electrons. The Labute approximate surface area is 163 Å². The molecule has 132 valence electrons. The molecule has 0 saturated heterocycles. The van der Waals surface area contributed by atoms with E-state index < -0.39 is 11.9 Å². The fourth-order valence-electron chi connectivity index (χ4n) is 2.34. The summed E-state index contributed by atoms with van der Waals surface area (Å²) in [5, 5.41) is 0. The average molecular weight is 463 g/mol. The summed E-state index contributed by atoms with van der Waals surface area (Å²) in [6.45, 7) is 1.32. The normalized spacial score (nSPS) is 14.8. The quantitative estimate of drug-likeness (QED) is 0.300. The highest BCUT2D eigenvalue weighted by Crippen LogP contribution is 2.35. The highest BCUT2D eigenvalue weighted by Gasteiger charge is 2.24. The summed E-state index contributed by atoms with van der Waals surface area (Å²) in [6, 6.07) is 12.6. The van der Waals surface area contributed by atoms with Gasteiger partial charge in [-0.05, 0) is 58.5 Å². The summed E-state index contributed by atoms with van der Waals surface area (Å²) < 4.78 is 16.4. The zero-order valence-corrected chi connectivity index (χ0v) is 16.1. The van der Waals surface area contributed by atoms with Crippen molar-refractivity contribution in [3.63, 3.8) is 0 Å². The molecule has 0 unspecified atom stereocenters. The molecule has 2 aromatic rings. The van der Waals surface area contributed by atoms with Gasteiger partial charge in [-0.15, -0.1) is 0 Å². The minimum Gasteiger partial charge on any atom is -0.493 e. The number of rotatable bonds is 4. The molecule has 6 nitrogen and oxygen atoms in total. The molecule has 26 heavy (non-hydrogen) atoms. The smallest absolute Gasteiger partial charge is 0.363 e. The van der Waals surface area contributed by atoms with Crippen LogP contribution in [0.15, 0.2) is 53.2 Å². The number of hydrogen-bond donors (Lipinski definition) is 0. The number of hydrogen-bond acceptors (Lipinski definition) is 6. The molecule has 2 aromatic carbocycles. The van der Waals surface area contributed by atoms with Crippen molar-refractivity contribution in [3.05, 3.63) is 62.9 Å². The van der Waals surface area contributed by atoms with Crippen molar-refractivity contribution in [2.24, 2.45) is 4.99 Å². The Kier molecular flexibility index (Phi) is 5.36. The van der Waals surface area contributed by atoms with Gasteiger partial charge in [-0.2, -0.15) is 0 Å². The minimum absolute atomic E-state index is 0.182. The first-order valence-corrected chi connectivity index (χ1v) is 8.69. The van der Waals surface area contributed by atoms with Crippen molar-refractivity contribution in [1.82, 2.24) is 0 Å². The fourth-order valence-corrected chi connectivity index (χ4v) is 3.07. The third-order valence-electron chi connectivity index (χ3n) is 3.44. The summed E-state index contributed by atoms with van der Waals surface area (Å²) in [5.74, 6) is 0.0218. The lowest BCUT2D eigenvalue weighted by Gasteiger charge is -2.11. The van der Waals surface area contributed by atoms with Gasteiger partial charge in [0.15, 0.2) is 17.2 Å². The number of carbonyl (C=O) groups is 2. The Morgan fingerprint density at radius 1 is 1.23 bits per heavy atom. The van der Waals surface area contributed by atoms with Gasteiger partial charge in [0.1, 0.15) is 0 Å². The van der Waals surface area contributed by atoms with Crippen molar-refractivity contribution in [2.75, 3.05) is 7.11 Å². The van der Waals surface area contributed by atoms with Gasteiger partial charge in [0.05, 0.1) is 10.7 Å². The summed E-state index contributed by atoms with van der Waals surface area (Å²) in [6.07, 6.45) is 1.60. The highest BCUT2D eigenvalue weighted by molar-refractivity contribution is 14.1. The average Bonchev–Trinajstić information content (AvgIpc) is 2.98. The van der Waals surface area contributed by atoms with Crippen LogP contribution in [0.1, 0.15) is 18.1 Å². The number of aliphatic imine (C=N–C) groups is 1. The van der Waals surface area contributed by atoms with Crippen molar-refractivity contribution in [2.45, 2.75) is 6.92 Å². The number of benzene rings is 2. The van der Waals surface area contributed by atoms with Crippen LogP contribution in [0.3, 0.4) is 0 Å². The largest absolute Gasteiger partial charge is 0.493 e. The summed E-state index contributed by atoms with van der Waals surface area (Å²) in [4.78, 5) is 27.6. The van der Waals surface area contributed by atoms with Crippen LogP contribution in [-0.2, 0) is 14.3 Å². The maximum absolute atomic E-state index is 12.1. The van der Waals surface area contributed by atoms with Gasteiger partial charge in [-0.1, -0.05) is 18.2 Å². The van der Waals surface area contributed by atoms with Gasteiger partial charge in [0.25, 0.3) is 0 Å². The molecular weight excluding hydrogens is 449 g/mol. The van der Waals surface area contributed by atoms with Gasteiger partial charge in [-0.3, -0.25) is 4.79 Å². The molecule has 0 atom stereocenters. The first-order valence-electron chi connectivity index (χ1n) is 7.62. The molecule has 7 heteroatoms.